The zero-order valence-electron chi connectivity index (χ0n) is 14.4. The highest BCUT2D eigenvalue weighted by Crippen LogP contribution is 2.19. The quantitative estimate of drug-likeness (QED) is 0.545. The highest BCUT2D eigenvalue weighted by molar-refractivity contribution is 6.00. The van der Waals surface area contributed by atoms with Crippen LogP contribution in [-0.2, 0) is 22.4 Å². The third-order valence-corrected chi connectivity index (χ3v) is 4.33. The van der Waals surface area contributed by atoms with Gasteiger partial charge in [0.25, 0.3) is 0 Å². The lowest BCUT2D eigenvalue weighted by Crippen LogP contribution is -2.25. The van der Waals surface area contributed by atoms with Crippen molar-refractivity contribution in [1.82, 2.24) is 4.98 Å². The molecule has 1 aromatic heterocycles. The van der Waals surface area contributed by atoms with Crippen LogP contribution in [0.25, 0.3) is 10.9 Å². The Hall–Kier alpha value is -2.88. The number of aryl methyl sites for hydroxylation is 1. The van der Waals surface area contributed by atoms with Gasteiger partial charge < -0.3 is 9.72 Å². The largest absolute Gasteiger partial charge is 0.454 e. The number of carbonyl (C=O) groups is 2. The van der Waals surface area contributed by atoms with E-state index in [0.717, 1.165) is 22.9 Å². The van der Waals surface area contributed by atoms with E-state index in [4.69, 9.17) is 4.74 Å². The van der Waals surface area contributed by atoms with Crippen molar-refractivity contribution >= 4 is 22.7 Å². The van der Waals surface area contributed by atoms with Crippen molar-refractivity contribution in [2.24, 2.45) is 0 Å². The summed E-state index contributed by atoms with van der Waals surface area (Å²) in [6.07, 6.45) is 2.06. The monoisotopic (exact) mass is 335 g/mol. The summed E-state index contributed by atoms with van der Waals surface area (Å²) in [4.78, 5) is 27.8. The molecule has 0 saturated heterocycles. The van der Waals surface area contributed by atoms with Gasteiger partial charge in [-0.05, 0) is 30.5 Å². The molecule has 0 radical (unpaired) electrons. The molecular weight excluding hydrogens is 314 g/mol. The summed E-state index contributed by atoms with van der Waals surface area (Å²) >= 11 is 0. The Balaban J connectivity index is 1.64. The maximum Gasteiger partial charge on any atom is 0.311 e. The third kappa shape index (κ3) is 3.79. The lowest BCUT2D eigenvalue weighted by Gasteiger charge is -2.12. The van der Waals surface area contributed by atoms with Crippen LogP contribution in [0.5, 0.6) is 0 Å². The molecule has 0 saturated carbocycles. The average molecular weight is 335 g/mol. The Bertz CT molecular complexity index is 893. The average Bonchev–Trinajstić information content (AvgIpc) is 3.04. The third-order valence-electron chi connectivity index (χ3n) is 4.33. The highest BCUT2D eigenvalue weighted by Gasteiger charge is 2.20. The fourth-order valence-corrected chi connectivity index (χ4v) is 2.87. The molecule has 2 aromatic carbocycles. The molecule has 0 spiro atoms. The van der Waals surface area contributed by atoms with Gasteiger partial charge in [-0.1, -0.05) is 49.4 Å². The molecule has 4 heteroatoms. The van der Waals surface area contributed by atoms with Crippen LogP contribution >= 0.6 is 0 Å². The van der Waals surface area contributed by atoms with Gasteiger partial charge in [0, 0.05) is 22.7 Å². The second kappa shape index (κ2) is 7.34. The van der Waals surface area contributed by atoms with E-state index in [-0.39, 0.29) is 12.2 Å². The van der Waals surface area contributed by atoms with Crippen LogP contribution < -0.4 is 0 Å². The number of esters is 1. The standard InChI is InChI=1S/C21H21NO3/c1-3-15-8-10-16(11-9-15)21(24)14(2)25-20(23)12-17-13-22-19-7-5-4-6-18(17)19/h4-11,13-14,22H,3,12H2,1-2H3. The number of carbonyl (C=O) groups excluding carboxylic acids is 2. The summed E-state index contributed by atoms with van der Waals surface area (Å²) < 4.78 is 5.34. The molecule has 0 fully saturated rings. The summed E-state index contributed by atoms with van der Waals surface area (Å²) in [5, 5.41) is 0.994. The summed E-state index contributed by atoms with van der Waals surface area (Å²) in [7, 11) is 0. The topological polar surface area (TPSA) is 59.2 Å². The van der Waals surface area contributed by atoms with Crippen molar-refractivity contribution < 1.29 is 14.3 Å². The second-order valence-electron chi connectivity index (χ2n) is 6.08. The van der Waals surface area contributed by atoms with Crippen LogP contribution in [-0.4, -0.2) is 22.8 Å². The molecule has 1 heterocycles. The normalized spacial score (nSPS) is 12.1. The SMILES string of the molecule is CCc1ccc(C(=O)C(C)OC(=O)Cc2c[nH]c3ccccc23)cc1. The number of Topliss-reactive ketones (excluding diaryl/α,β-unsaturated/α-hetero) is 1. The van der Waals surface area contributed by atoms with Gasteiger partial charge in [0.05, 0.1) is 6.42 Å². The van der Waals surface area contributed by atoms with Crippen molar-refractivity contribution in [3.63, 3.8) is 0 Å². The number of aromatic nitrogens is 1. The molecule has 0 bridgehead atoms. The predicted octanol–water partition coefficient (Wildman–Crippen LogP) is 4.09. The molecule has 4 nitrogen and oxygen atoms in total. The molecule has 128 valence electrons. The van der Waals surface area contributed by atoms with E-state index >= 15 is 0 Å². The first-order valence-corrected chi connectivity index (χ1v) is 8.46. The first-order valence-electron chi connectivity index (χ1n) is 8.46. The van der Waals surface area contributed by atoms with Crippen LogP contribution in [0.15, 0.2) is 54.7 Å². The Kier molecular flexibility index (Phi) is 4.98. The Morgan fingerprint density at radius 1 is 1.08 bits per heavy atom. The van der Waals surface area contributed by atoms with Gasteiger partial charge in [-0.2, -0.15) is 0 Å². The summed E-state index contributed by atoms with van der Waals surface area (Å²) in [6, 6.07) is 15.2. The fourth-order valence-electron chi connectivity index (χ4n) is 2.87. The number of H-pyrrole nitrogens is 1. The number of hydrogen-bond donors (Lipinski definition) is 1. The molecular formula is C21H21NO3. The van der Waals surface area contributed by atoms with E-state index in [2.05, 4.69) is 11.9 Å². The fraction of sp³-hybridized carbons (Fsp3) is 0.238. The molecule has 25 heavy (non-hydrogen) atoms. The van der Waals surface area contributed by atoms with Crippen molar-refractivity contribution in [2.75, 3.05) is 0 Å². The smallest absolute Gasteiger partial charge is 0.311 e. The minimum Gasteiger partial charge on any atom is -0.454 e. The first-order chi connectivity index (χ1) is 12.1. The molecule has 3 aromatic rings. The molecule has 0 amide bonds. The van der Waals surface area contributed by atoms with Gasteiger partial charge >= 0.3 is 5.97 Å². The van der Waals surface area contributed by atoms with Crippen molar-refractivity contribution in [2.45, 2.75) is 32.8 Å². The lowest BCUT2D eigenvalue weighted by molar-refractivity contribution is -0.145. The van der Waals surface area contributed by atoms with Crippen molar-refractivity contribution in [3.05, 3.63) is 71.4 Å². The van der Waals surface area contributed by atoms with Gasteiger partial charge in [0.2, 0.25) is 5.78 Å². The van der Waals surface area contributed by atoms with Crippen molar-refractivity contribution in [3.8, 4) is 0 Å². The molecule has 0 aliphatic heterocycles. The molecule has 1 atom stereocenters. The van der Waals surface area contributed by atoms with E-state index in [0.29, 0.717) is 5.56 Å². The van der Waals surface area contributed by atoms with E-state index in [1.165, 1.54) is 5.56 Å². The number of nitrogens with one attached hydrogen (secondary N) is 1. The number of hydrogen-bond acceptors (Lipinski definition) is 3. The number of fused-ring (bicyclic) bond motifs is 1. The molecule has 3 rings (SSSR count). The molecule has 0 aliphatic rings. The number of benzene rings is 2. The number of aromatic amines is 1. The van der Waals surface area contributed by atoms with Crippen molar-refractivity contribution in [1.29, 1.82) is 0 Å². The van der Waals surface area contributed by atoms with Gasteiger partial charge in [-0.25, -0.2) is 0 Å². The maximum atomic E-state index is 12.4. The maximum absolute atomic E-state index is 12.4. The number of ketones is 1. The Morgan fingerprint density at radius 3 is 2.52 bits per heavy atom. The zero-order valence-corrected chi connectivity index (χ0v) is 14.4. The van der Waals surface area contributed by atoms with Crippen LogP contribution in [0.1, 0.15) is 35.3 Å². The Morgan fingerprint density at radius 2 is 1.80 bits per heavy atom. The zero-order chi connectivity index (χ0) is 17.8. The summed E-state index contributed by atoms with van der Waals surface area (Å²) in [5.41, 5.74) is 3.57. The van der Waals surface area contributed by atoms with Gasteiger partial charge in [0.1, 0.15) is 0 Å². The molecule has 1 unspecified atom stereocenters. The number of rotatable bonds is 6. The van der Waals surface area contributed by atoms with Crippen LogP contribution in [0.4, 0.5) is 0 Å². The number of ether oxygens (including phenoxy) is 1. The van der Waals surface area contributed by atoms with E-state index in [1.807, 2.05) is 42.6 Å². The van der Waals surface area contributed by atoms with Crippen LogP contribution in [0, 0.1) is 0 Å². The second-order valence-corrected chi connectivity index (χ2v) is 6.08. The summed E-state index contributed by atoms with van der Waals surface area (Å²) in [6.45, 7) is 3.68. The highest BCUT2D eigenvalue weighted by atomic mass is 16.5. The van der Waals surface area contributed by atoms with E-state index in [1.54, 1.807) is 19.1 Å². The minimum absolute atomic E-state index is 0.135. The van der Waals surface area contributed by atoms with Gasteiger partial charge in [-0.3, -0.25) is 9.59 Å². The van der Waals surface area contributed by atoms with E-state index in [9.17, 15) is 9.59 Å². The van der Waals surface area contributed by atoms with Gasteiger partial charge in [-0.15, -0.1) is 0 Å². The van der Waals surface area contributed by atoms with Gasteiger partial charge in [0.15, 0.2) is 6.10 Å². The first kappa shape index (κ1) is 17.0. The number of para-hydroxylation sites is 1. The Labute approximate surface area is 146 Å². The predicted molar refractivity (Wildman–Crippen MR) is 97.7 cm³/mol. The van der Waals surface area contributed by atoms with Crippen LogP contribution in [0.2, 0.25) is 0 Å². The summed E-state index contributed by atoms with van der Waals surface area (Å²) in [5.74, 6) is -0.592. The minimum atomic E-state index is -0.801. The lowest BCUT2D eigenvalue weighted by atomic mass is 10.0. The van der Waals surface area contributed by atoms with Crippen LogP contribution in [0.3, 0.4) is 0 Å². The van der Waals surface area contributed by atoms with E-state index < -0.39 is 12.1 Å². The molecule has 0 aliphatic carbocycles. The molecule has 1 N–H and O–H groups in total.